The molecule has 0 aliphatic heterocycles. The molecule has 0 aliphatic carbocycles. The van der Waals surface area contributed by atoms with E-state index in [2.05, 4.69) is 0 Å². The van der Waals surface area contributed by atoms with Gasteiger partial charge in [0.25, 0.3) is 9.05 Å². The molecule has 4 heteroatoms. The molecular weight excluding hydrogens is 268 g/mol. The normalized spacial score (nSPS) is 12.1. The molecule has 0 aliphatic rings. The fourth-order valence-corrected chi connectivity index (χ4v) is 2.91. The van der Waals surface area contributed by atoms with Gasteiger partial charge in [-0.2, -0.15) is 0 Å². The Bertz CT molecular complexity index is 854. The number of benzene rings is 3. The van der Waals surface area contributed by atoms with Crippen LogP contribution < -0.4 is 0 Å². The maximum Gasteiger partial charge on any atom is 0.261 e. The van der Waals surface area contributed by atoms with Gasteiger partial charge >= 0.3 is 0 Å². The van der Waals surface area contributed by atoms with Crippen LogP contribution in [0.2, 0.25) is 0 Å². The van der Waals surface area contributed by atoms with Crippen molar-refractivity contribution < 1.29 is 8.42 Å². The molecule has 2 nitrogen and oxygen atoms in total. The molecule has 18 heavy (non-hydrogen) atoms. The van der Waals surface area contributed by atoms with Crippen LogP contribution in [0.1, 0.15) is 0 Å². The predicted molar refractivity (Wildman–Crippen MR) is 74.5 cm³/mol. The van der Waals surface area contributed by atoms with E-state index in [-0.39, 0.29) is 4.90 Å². The Morgan fingerprint density at radius 2 is 1.39 bits per heavy atom. The number of hydrogen-bond acceptors (Lipinski definition) is 2. The highest BCUT2D eigenvalue weighted by Gasteiger charge is 2.11. The molecule has 90 valence electrons. The highest BCUT2D eigenvalue weighted by atomic mass is 35.7. The Morgan fingerprint density at radius 3 is 2.11 bits per heavy atom. The van der Waals surface area contributed by atoms with Crippen molar-refractivity contribution in [1.82, 2.24) is 0 Å². The van der Waals surface area contributed by atoms with E-state index in [1.165, 1.54) is 6.07 Å². The Balaban J connectivity index is 2.48. The molecule has 0 bridgehead atoms. The average molecular weight is 277 g/mol. The second-order valence-corrected chi connectivity index (χ2v) is 6.67. The van der Waals surface area contributed by atoms with Crippen molar-refractivity contribution >= 4 is 41.3 Å². The molecule has 3 rings (SSSR count). The second-order valence-electron chi connectivity index (χ2n) is 4.11. The third-order valence-electron chi connectivity index (χ3n) is 3.00. The lowest BCUT2D eigenvalue weighted by atomic mass is 10.0. The highest BCUT2D eigenvalue weighted by molar-refractivity contribution is 8.13. The molecular formula is C14H9ClO2S. The van der Waals surface area contributed by atoms with Crippen LogP contribution in [-0.2, 0) is 9.05 Å². The quantitative estimate of drug-likeness (QED) is 0.499. The van der Waals surface area contributed by atoms with Gasteiger partial charge in [0, 0.05) is 10.7 Å². The molecule has 0 aromatic heterocycles. The van der Waals surface area contributed by atoms with E-state index in [4.69, 9.17) is 10.7 Å². The summed E-state index contributed by atoms with van der Waals surface area (Å²) in [5, 5.41) is 4.00. The Kier molecular flexibility index (Phi) is 2.54. The van der Waals surface area contributed by atoms with Gasteiger partial charge in [0.2, 0.25) is 0 Å². The Labute approximate surface area is 109 Å². The summed E-state index contributed by atoms with van der Waals surface area (Å²) in [4.78, 5) is 0.132. The van der Waals surface area contributed by atoms with Crippen molar-refractivity contribution in [3.05, 3.63) is 54.6 Å². The summed E-state index contributed by atoms with van der Waals surface area (Å²) >= 11 is 0. The van der Waals surface area contributed by atoms with Crippen LogP contribution in [0.3, 0.4) is 0 Å². The number of fused-ring (bicyclic) bond motifs is 3. The smallest absolute Gasteiger partial charge is 0.207 e. The van der Waals surface area contributed by atoms with Crippen LogP contribution in [0.5, 0.6) is 0 Å². The number of rotatable bonds is 1. The largest absolute Gasteiger partial charge is 0.261 e. The van der Waals surface area contributed by atoms with Crippen molar-refractivity contribution in [3.63, 3.8) is 0 Å². The highest BCUT2D eigenvalue weighted by Crippen LogP contribution is 2.28. The van der Waals surface area contributed by atoms with Gasteiger partial charge in [-0.15, -0.1) is 0 Å². The monoisotopic (exact) mass is 276 g/mol. The summed E-state index contributed by atoms with van der Waals surface area (Å²) in [6, 6.07) is 16.8. The minimum absolute atomic E-state index is 0.132. The molecule has 0 atom stereocenters. The lowest BCUT2D eigenvalue weighted by molar-refractivity contribution is 0.609. The summed E-state index contributed by atoms with van der Waals surface area (Å²) in [6.07, 6.45) is 0. The first-order valence-electron chi connectivity index (χ1n) is 5.42. The molecule has 3 aromatic rings. The van der Waals surface area contributed by atoms with E-state index < -0.39 is 9.05 Å². The summed E-state index contributed by atoms with van der Waals surface area (Å²) in [6.45, 7) is 0. The minimum Gasteiger partial charge on any atom is -0.207 e. The first-order chi connectivity index (χ1) is 8.55. The van der Waals surface area contributed by atoms with Gasteiger partial charge in [0.15, 0.2) is 0 Å². The van der Waals surface area contributed by atoms with Crippen molar-refractivity contribution in [2.75, 3.05) is 0 Å². The molecule has 0 radical (unpaired) electrons. The average Bonchev–Trinajstić information content (AvgIpc) is 2.37. The summed E-state index contributed by atoms with van der Waals surface area (Å²) in [5.74, 6) is 0. The zero-order valence-electron chi connectivity index (χ0n) is 9.30. The van der Waals surface area contributed by atoms with Gasteiger partial charge in [-0.25, -0.2) is 8.42 Å². The summed E-state index contributed by atoms with van der Waals surface area (Å²) in [7, 11) is 1.69. The molecule has 0 saturated heterocycles. The lowest BCUT2D eigenvalue weighted by Crippen LogP contribution is -1.90. The fourth-order valence-electron chi connectivity index (χ4n) is 2.13. The van der Waals surface area contributed by atoms with E-state index in [0.29, 0.717) is 0 Å². The van der Waals surface area contributed by atoms with Crippen LogP contribution in [0.4, 0.5) is 0 Å². The van der Waals surface area contributed by atoms with Crippen molar-refractivity contribution in [2.45, 2.75) is 4.90 Å². The third kappa shape index (κ3) is 1.85. The van der Waals surface area contributed by atoms with E-state index in [0.717, 1.165) is 21.5 Å². The maximum atomic E-state index is 11.4. The molecule has 0 unspecified atom stereocenters. The maximum absolute atomic E-state index is 11.4. The molecule has 0 saturated carbocycles. The number of hydrogen-bond donors (Lipinski definition) is 0. The Morgan fingerprint density at radius 1 is 0.778 bits per heavy atom. The fraction of sp³-hybridized carbons (Fsp3) is 0. The van der Waals surface area contributed by atoms with Gasteiger partial charge in [-0.3, -0.25) is 0 Å². The van der Waals surface area contributed by atoms with Gasteiger partial charge in [0.1, 0.15) is 0 Å². The summed E-state index contributed by atoms with van der Waals surface area (Å²) in [5.41, 5.74) is 0. The lowest BCUT2D eigenvalue weighted by Gasteiger charge is -2.05. The van der Waals surface area contributed by atoms with Crippen molar-refractivity contribution in [3.8, 4) is 0 Å². The van der Waals surface area contributed by atoms with Crippen LogP contribution in [0.25, 0.3) is 21.5 Å². The van der Waals surface area contributed by atoms with Gasteiger partial charge in [-0.05, 0) is 33.7 Å². The zero-order valence-corrected chi connectivity index (χ0v) is 10.9. The SMILES string of the molecule is O=S(=O)(Cl)c1ccc2ccc3ccccc3c2c1. The van der Waals surface area contributed by atoms with E-state index in [1.54, 1.807) is 12.1 Å². The zero-order chi connectivity index (χ0) is 12.8. The number of halogens is 1. The minimum atomic E-state index is -3.69. The van der Waals surface area contributed by atoms with Gasteiger partial charge < -0.3 is 0 Å². The summed E-state index contributed by atoms with van der Waals surface area (Å²) < 4.78 is 22.8. The first-order valence-corrected chi connectivity index (χ1v) is 7.73. The molecule has 0 amide bonds. The molecule has 0 spiro atoms. The van der Waals surface area contributed by atoms with E-state index >= 15 is 0 Å². The molecule has 3 aromatic carbocycles. The van der Waals surface area contributed by atoms with Crippen LogP contribution in [0, 0.1) is 0 Å². The second kappa shape index (κ2) is 3.97. The predicted octanol–water partition coefficient (Wildman–Crippen LogP) is 3.92. The van der Waals surface area contributed by atoms with E-state index in [1.807, 2.05) is 36.4 Å². The van der Waals surface area contributed by atoms with Crippen molar-refractivity contribution in [1.29, 1.82) is 0 Å². The van der Waals surface area contributed by atoms with Crippen LogP contribution >= 0.6 is 10.7 Å². The first kappa shape index (κ1) is 11.5. The van der Waals surface area contributed by atoms with Gasteiger partial charge in [0.05, 0.1) is 4.90 Å². The topological polar surface area (TPSA) is 34.1 Å². The molecule has 0 N–H and O–H groups in total. The van der Waals surface area contributed by atoms with Crippen molar-refractivity contribution in [2.24, 2.45) is 0 Å². The molecule has 0 fully saturated rings. The van der Waals surface area contributed by atoms with E-state index in [9.17, 15) is 8.42 Å². The Hall–Kier alpha value is -1.58. The van der Waals surface area contributed by atoms with Gasteiger partial charge in [-0.1, -0.05) is 42.5 Å². The van der Waals surface area contributed by atoms with Crippen LogP contribution in [-0.4, -0.2) is 8.42 Å². The van der Waals surface area contributed by atoms with Crippen LogP contribution in [0.15, 0.2) is 59.5 Å². The molecule has 0 heterocycles. The third-order valence-corrected chi connectivity index (χ3v) is 4.35. The standard InChI is InChI=1S/C14H9ClO2S/c15-18(16,17)12-8-7-11-6-5-10-3-1-2-4-13(10)14(11)9-12/h1-9H.